The van der Waals surface area contributed by atoms with Gasteiger partial charge >= 0.3 is 0 Å². The molecule has 0 aliphatic carbocycles. The zero-order chi connectivity index (χ0) is 13.7. The van der Waals surface area contributed by atoms with Crippen LogP contribution in [0.3, 0.4) is 0 Å². The Morgan fingerprint density at radius 1 is 1.00 bits per heavy atom. The van der Waals surface area contributed by atoms with Gasteiger partial charge in [-0.1, -0.05) is 37.9 Å². The average molecular weight is 386 g/mol. The van der Waals surface area contributed by atoms with E-state index < -0.39 is 0 Å². The van der Waals surface area contributed by atoms with Gasteiger partial charge in [-0.15, -0.1) is 0 Å². The van der Waals surface area contributed by atoms with Crippen LogP contribution in [0.4, 0.5) is 0 Å². The Labute approximate surface area is 129 Å². The summed E-state index contributed by atoms with van der Waals surface area (Å²) in [6.45, 7) is 2.61. The minimum atomic E-state index is 0.639. The lowest BCUT2D eigenvalue weighted by molar-refractivity contribution is 0.339. The molecule has 2 aromatic heterocycles. The molecule has 0 saturated heterocycles. The van der Waals surface area contributed by atoms with Crippen LogP contribution in [0, 0.1) is 0 Å². The first kappa shape index (κ1) is 14.5. The van der Waals surface area contributed by atoms with E-state index in [4.69, 9.17) is 4.74 Å². The fourth-order valence-corrected chi connectivity index (χ4v) is 2.31. The number of ether oxygens (including phenoxy) is 1. The molecule has 0 aromatic carbocycles. The summed E-state index contributed by atoms with van der Waals surface area (Å²) in [5.41, 5.74) is 3.62. The third-order valence-corrected chi connectivity index (χ3v) is 3.65. The maximum atomic E-state index is 5.57. The molecule has 19 heavy (non-hydrogen) atoms. The second kappa shape index (κ2) is 7.01. The van der Waals surface area contributed by atoms with Gasteiger partial charge in [-0.25, -0.2) is 0 Å². The van der Waals surface area contributed by atoms with Crippen molar-refractivity contribution in [2.75, 3.05) is 6.61 Å². The predicted octanol–water partition coefficient (Wildman–Crippen LogP) is 4.33. The molecule has 2 aromatic rings. The summed E-state index contributed by atoms with van der Waals surface area (Å²) in [4.78, 5) is 9.13. The van der Waals surface area contributed by atoms with Gasteiger partial charge in [0.25, 0.3) is 0 Å². The zero-order valence-electron chi connectivity index (χ0n) is 10.6. The van der Waals surface area contributed by atoms with Gasteiger partial charge < -0.3 is 4.74 Å². The lowest BCUT2D eigenvalue weighted by Gasteiger charge is -2.08. The largest absolute Gasteiger partial charge is 0.494 e. The number of halogens is 2. The highest BCUT2D eigenvalue weighted by Crippen LogP contribution is 2.23. The quantitative estimate of drug-likeness (QED) is 0.718. The van der Waals surface area contributed by atoms with Gasteiger partial charge in [-0.3, -0.25) is 9.97 Å². The molecular formula is C14H14Br2N2O. The molecule has 0 unspecified atom stereocenters. The number of hydrogen-bond donors (Lipinski definition) is 0. The minimum absolute atomic E-state index is 0.639. The van der Waals surface area contributed by atoms with Crippen LogP contribution >= 0.6 is 31.9 Å². The second-order valence-electron chi connectivity index (χ2n) is 3.89. The van der Waals surface area contributed by atoms with Crippen molar-refractivity contribution in [3.05, 3.63) is 41.7 Å². The molecule has 0 atom stereocenters. The van der Waals surface area contributed by atoms with Crippen molar-refractivity contribution in [3.8, 4) is 17.1 Å². The van der Waals surface area contributed by atoms with Crippen LogP contribution in [0.25, 0.3) is 11.4 Å². The van der Waals surface area contributed by atoms with E-state index in [1.165, 1.54) is 0 Å². The summed E-state index contributed by atoms with van der Waals surface area (Å²) in [7, 11) is 0. The Hall–Kier alpha value is -0.940. The van der Waals surface area contributed by atoms with Crippen molar-refractivity contribution in [2.45, 2.75) is 17.6 Å². The minimum Gasteiger partial charge on any atom is -0.494 e. The molecule has 100 valence electrons. The normalized spacial score (nSPS) is 10.5. The summed E-state index contributed by atoms with van der Waals surface area (Å²) in [5, 5.41) is 1.43. The topological polar surface area (TPSA) is 35.0 Å². The van der Waals surface area contributed by atoms with E-state index in [-0.39, 0.29) is 0 Å². The van der Waals surface area contributed by atoms with Gasteiger partial charge in [0.15, 0.2) is 0 Å². The lowest BCUT2D eigenvalue weighted by Crippen LogP contribution is -1.98. The van der Waals surface area contributed by atoms with E-state index in [0.29, 0.717) is 11.9 Å². The molecular weight excluding hydrogens is 372 g/mol. The van der Waals surface area contributed by atoms with Crippen LogP contribution in [-0.2, 0) is 10.7 Å². The van der Waals surface area contributed by atoms with Crippen LogP contribution in [-0.4, -0.2) is 16.6 Å². The molecule has 0 saturated carbocycles. The van der Waals surface area contributed by atoms with E-state index in [0.717, 1.165) is 33.9 Å². The van der Waals surface area contributed by atoms with Crippen LogP contribution in [0.5, 0.6) is 5.75 Å². The van der Waals surface area contributed by atoms with E-state index >= 15 is 0 Å². The summed E-state index contributed by atoms with van der Waals surface area (Å²) in [6.07, 6.45) is 0. The average Bonchev–Trinajstić information content (AvgIpc) is 2.47. The number of rotatable bonds is 5. The van der Waals surface area contributed by atoms with E-state index in [2.05, 4.69) is 41.8 Å². The number of aromatic nitrogens is 2. The van der Waals surface area contributed by atoms with Gasteiger partial charge in [0.1, 0.15) is 5.75 Å². The smallest absolute Gasteiger partial charge is 0.123 e. The van der Waals surface area contributed by atoms with Gasteiger partial charge in [-0.2, -0.15) is 0 Å². The molecule has 0 bridgehead atoms. The van der Waals surface area contributed by atoms with Crippen molar-refractivity contribution in [1.29, 1.82) is 0 Å². The Bertz CT molecular complexity index is 561. The van der Waals surface area contributed by atoms with Gasteiger partial charge in [0, 0.05) is 22.8 Å². The highest BCUT2D eigenvalue weighted by molar-refractivity contribution is 9.08. The first-order valence-corrected chi connectivity index (χ1v) is 8.23. The third kappa shape index (κ3) is 3.76. The number of nitrogens with zero attached hydrogens (tertiary/aromatic N) is 2. The first-order chi connectivity index (χ1) is 9.26. The molecule has 0 N–H and O–H groups in total. The SMILES string of the molecule is CCOc1cc(CBr)nc(-c2cccc(CBr)n2)c1. The van der Waals surface area contributed by atoms with Crippen molar-refractivity contribution in [2.24, 2.45) is 0 Å². The van der Waals surface area contributed by atoms with Crippen LogP contribution < -0.4 is 4.74 Å². The Balaban J connectivity index is 2.44. The fourth-order valence-electron chi connectivity index (χ4n) is 1.71. The Morgan fingerprint density at radius 3 is 2.42 bits per heavy atom. The molecule has 0 spiro atoms. The molecule has 0 amide bonds. The van der Waals surface area contributed by atoms with Crippen molar-refractivity contribution < 1.29 is 4.74 Å². The van der Waals surface area contributed by atoms with Crippen molar-refractivity contribution >= 4 is 31.9 Å². The fraction of sp³-hybridized carbons (Fsp3) is 0.286. The maximum absolute atomic E-state index is 5.57. The third-order valence-electron chi connectivity index (χ3n) is 2.51. The molecule has 2 heterocycles. The van der Waals surface area contributed by atoms with Gasteiger partial charge in [0.2, 0.25) is 0 Å². The monoisotopic (exact) mass is 384 g/mol. The standard InChI is InChI=1S/C14H14Br2N2O/c1-2-19-12-6-11(9-16)18-14(7-12)13-5-3-4-10(8-15)17-13/h3-7H,2,8-9H2,1H3. The first-order valence-electron chi connectivity index (χ1n) is 5.98. The molecule has 5 heteroatoms. The summed E-state index contributed by atoms with van der Waals surface area (Å²) >= 11 is 6.85. The van der Waals surface area contributed by atoms with Crippen LogP contribution in [0.2, 0.25) is 0 Å². The van der Waals surface area contributed by atoms with Crippen LogP contribution in [0.15, 0.2) is 30.3 Å². The highest BCUT2D eigenvalue weighted by atomic mass is 79.9. The predicted molar refractivity (Wildman–Crippen MR) is 83.9 cm³/mol. The molecule has 3 nitrogen and oxygen atoms in total. The summed E-state index contributed by atoms with van der Waals surface area (Å²) in [6, 6.07) is 9.80. The molecule has 2 rings (SSSR count). The lowest BCUT2D eigenvalue weighted by atomic mass is 10.2. The summed E-state index contributed by atoms with van der Waals surface area (Å²) in [5.74, 6) is 0.827. The number of hydrogen-bond acceptors (Lipinski definition) is 3. The second-order valence-corrected chi connectivity index (χ2v) is 5.02. The summed E-state index contributed by atoms with van der Waals surface area (Å²) < 4.78 is 5.57. The highest BCUT2D eigenvalue weighted by Gasteiger charge is 2.07. The molecule has 0 radical (unpaired) electrons. The van der Waals surface area contributed by atoms with E-state index in [1.807, 2.05) is 37.3 Å². The molecule has 0 aliphatic heterocycles. The van der Waals surface area contributed by atoms with Gasteiger partial charge in [0.05, 0.1) is 29.4 Å². The Kier molecular flexibility index (Phi) is 5.34. The molecule has 0 aliphatic rings. The number of alkyl halides is 2. The van der Waals surface area contributed by atoms with E-state index in [9.17, 15) is 0 Å². The molecule has 0 fully saturated rings. The zero-order valence-corrected chi connectivity index (χ0v) is 13.7. The van der Waals surface area contributed by atoms with Gasteiger partial charge in [-0.05, 0) is 19.1 Å². The van der Waals surface area contributed by atoms with Crippen molar-refractivity contribution in [1.82, 2.24) is 9.97 Å². The van der Waals surface area contributed by atoms with Crippen molar-refractivity contribution in [3.63, 3.8) is 0 Å². The maximum Gasteiger partial charge on any atom is 0.123 e. The Morgan fingerprint density at radius 2 is 1.74 bits per heavy atom. The van der Waals surface area contributed by atoms with E-state index in [1.54, 1.807) is 0 Å². The number of pyridine rings is 2. The van der Waals surface area contributed by atoms with Crippen LogP contribution in [0.1, 0.15) is 18.3 Å².